The standard InChI is InChI=1S/C20H27N5O2.ClH/c1-14(2)12-19(26)22-15-5-7-16(8-6-15)23-20(27)18-9-11-25(24-18)17-4-3-10-21-13-17;/h5-9,11,14,17,21H,3-4,10,12-13H2,1-2H3,(H,22,26)(H,23,27);1H. The van der Waals surface area contributed by atoms with E-state index in [0.29, 0.717) is 35.4 Å². The maximum absolute atomic E-state index is 12.4. The van der Waals surface area contributed by atoms with Crippen LogP contribution in [0.5, 0.6) is 0 Å². The topological polar surface area (TPSA) is 88.0 Å². The number of piperidine rings is 1. The Hall–Kier alpha value is -2.38. The average Bonchev–Trinajstić information content (AvgIpc) is 3.14. The van der Waals surface area contributed by atoms with Crippen LogP contribution in [0.2, 0.25) is 0 Å². The number of benzene rings is 1. The molecule has 7 nitrogen and oxygen atoms in total. The van der Waals surface area contributed by atoms with Crippen LogP contribution < -0.4 is 16.0 Å². The zero-order valence-corrected chi connectivity index (χ0v) is 17.1. The molecule has 2 aromatic rings. The van der Waals surface area contributed by atoms with E-state index < -0.39 is 0 Å². The number of nitrogens with one attached hydrogen (secondary N) is 3. The fourth-order valence-corrected chi connectivity index (χ4v) is 3.14. The Labute approximate surface area is 171 Å². The molecule has 0 radical (unpaired) electrons. The third-order valence-corrected chi connectivity index (χ3v) is 4.51. The Kier molecular flexibility index (Phi) is 8.02. The molecule has 1 atom stereocenters. The molecule has 1 unspecified atom stereocenters. The van der Waals surface area contributed by atoms with Crippen LogP contribution in [0.15, 0.2) is 36.5 Å². The maximum Gasteiger partial charge on any atom is 0.276 e. The molecule has 0 bridgehead atoms. The number of amides is 2. The van der Waals surface area contributed by atoms with Crippen LogP contribution in [-0.4, -0.2) is 34.7 Å². The lowest BCUT2D eigenvalue weighted by Gasteiger charge is -2.22. The lowest BCUT2D eigenvalue weighted by atomic mass is 10.1. The van der Waals surface area contributed by atoms with Gasteiger partial charge >= 0.3 is 0 Å². The van der Waals surface area contributed by atoms with Gasteiger partial charge in [-0.15, -0.1) is 12.4 Å². The minimum absolute atomic E-state index is 0. The molecule has 28 heavy (non-hydrogen) atoms. The summed E-state index contributed by atoms with van der Waals surface area (Å²) in [4.78, 5) is 24.2. The Balaban J connectivity index is 0.00000280. The van der Waals surface area contributed by atoms with Gasteiger partial charge in [0.25, 0.3) is 5.91 Å². The van der Waals surface area contributed by atoms with Crippen molar-refractivity contribution in [1.29, 1.82) is 0 Å². The Morgan fingerprint density at radius 1 is 1.18 bits per heavy atom. The summed E-state index contributed by atoms with van der Waals surface area (Å²) in [5.41, 5.74) is 1.78. The van der Waals surface area contributed by atoms with E-state index in [9.17, 15) is 9.59 Å². The Morgan fingerprint density at radius 3 is 2.46 bits per heavy atom. The Morgan fingerprint density at radius 2 is 1.86 bits per heavy atom. The fraction of sp³-hybridized carbons (Fsp3) is 0.450. The first kappa shape index (κ1) is 21.9. The number of anilines is 2. The minimum Gasteiger partial charge on any atom is -0.326 e. The van der Waals surface area contributed by atoms with Crippen molar-refractivity contribution in [1.82, 2.24) is 15.1 Å². The van der Waals surface area contributed by atoms with Crippen molar-refractivity contribution < 1.29 is 9.59 Å². The minimum atomic E-state index is -0.242. The zero-order valence-electron chi connectivity index (χ0n) is 16.3. The van der Waals surface area contributed by atoms with Crippen LogP contribution in [0, 0.1) is 5.92 Å². The van der Waals surface area contributed by atoms with Gasteiger partial charge in [0.05, 0.1) is 6.04 Å². The lowest BCUT2D eigenvalue weighted by molar-refractivity contribution is -0.116. The van der Waals surface area contributed by atoms with Crippen molar-refractivity contribution in [2.45, 2.75) is 39.2 Å². The normalized spacial score (nSPS) is 16.3. The second kappa shape index (κ2) is 10.2. The molecule has 1 aromatic heterocycles. The molecule has 0 saturated carbocycles. The van der Waals surface area contributed by atoms with Crippen LogP contribution in [0.4, 0.5) is 11.4 Å². The quantitative estimate of drug-likeness (QED) is 0.686. The Bertz CT molecular complexity index is 782. The first-order valence-corrected chi connectivity index (χ1v) is 9.48. The number of aromatic nitrogens is 2. The summed E-state index contributed by atoms with van der Waals surface area (Å²) in [6.07, 6.45) is 4.53. The molecule has 2 amide bonds. The smallest absolute Gasteiger partial charge is 0.276 e. The predicted molar refractivity (Wildman–Crippen MR) is 113 cm³/mol. The predicted octanol–water partition coefficient (Wildman–Crippen LogP) is 3.47. The van der Waals surface area contributed by atoms with Crippen LogP contribution in [0.1, 0.15) is 49.6 Å². The number of carbonyl (C=O) groups is 2. The van der Waals surface area contributed by atoms with Gasteiger partial charge in [0.2, 0.25) is 5.91 Å². The lowest BCUT2D eigenvalue weighted by Crippen LogP contribution is -2.32. The van der Waals surface area contributed by atoms with E-state index >= 15 is 0 Å². The van der Waals surface area contributed by atoms with Gasteiger partial charge in [0.15, 0.2) is 5.69 Å². The second-order valence-corrected chi connectivity index (χ2v) is 7.36. The molecule has 0 aliphatic carbocycles. The second-order valence-electron chi connectivity index (χ2n) is 7.36. The van der Waals surface area contributed by atoms with Gasteiger partial charge in [0, 0.05) is 30.5 Å². The summed E-state index contributed by atoms with van der Waals surface area (Å²) < 4.78 is 1.87. The third-order valence-electron chi connectivity index (χ3n) is 4.51. The van der Waals surface area contributed by atoms with Crippen molar-refractivity contribution in [2.75, 3.05) is 23.7 Å². The molecule has 1 saturated heterocycles. The number of rotatable bonds is 6. The highest BCUT2D eigenvalue weighted by atomic mass is 35.5. The van der Waals surface area contributed by atoms with Gasteiger partial charge in [0.1, 0.15) is 0 Å². The third kappa shape index (κ3) is 6.07. The number of halogens is 1. The number of hydrogen-bond donors (Lipinski definition) is 3. The molecule has 8 heteroatoms. The molecule has 2 heterocycles. The van der Waals surface area contributed by atoms with Gasteiger partial charge in [-0.1, -0.05) is 13.8 Å². The first-order valence-electron chi connectivity index (χ1n) is 9.48. The SMILES string of the molecule is CC(C)CC(=O)Nc1ccc(NC(=O)c2ccn(C3CCCNC3)n2)cc1.Cl. The van der Waals surface area contributed by atoms with Crippen molar-refractivity contribution in [3.8, 4) is 0 Å². The van der Waals surface area contributed by atoms with Gasteiger partial charge < -0.3 is 16.0 Å². The van der Waals surface area contributed by atoms with E-state index in [-0.39, 0.29) is 24.2 Å². The van der Waals surface area contributed by atoms with Crippen LogP contribution in [-0.2, 0) is 4.79 Å². The first-order chi connectivity index (χ1) is 13.0. The van der Waals surface area contributed by atoms with Gasteiger partial charge in [-0.05, 0) is 55.6 Å². The number of hydrogen-bond acceptors (Lipinski definition) is 4. The van der Waals surface area contributed by atoms with Crippen molar-refractivity contribution in [3.63, 3.8) is 0 Å². The molecular formula is C20H28ClN5O2. The summed E-state index contributed by atoms with van der Waals surface area (Å²) in [6, 6.07) is 9.13. The van der Waals surface area contributed by atoms with Gasteiger partial charge in [-0.2, -0.15) is 5.10 Å². The van der Waals surface area contributed by atoms with E-state index in [1.54, 1.807) is 30.3 Å². The van der Waals surface area contributed by atoms with E-state index in [0.717, 1.165) is 25.9 Å². The van der Waals surface area contributed by atoms with Crippen LogP contribution in [0.25, 0.3) is 0 Å². The zero-order chi connectivity index (χ0) is 19.2. The molecule has 1 aromatic carbocycles. The molecule has 1 aliphatic heterocycles. The summed E-state index contributed by atoms with van der Waals surface area (Å²) in [5.74, 6) is 0.0615. The van der Waals surface area contributed by atoms with Crippen molar-refractivity contribution in [2.24, 2.45) is 5.92 Å². The maximum atomic E-state index is 12.4. The summed E-state index contributed by atoms with van der Waals surface area (Å²) in [5, 5.41) is 13.5. The van der Waals surface area contributed by atoms with E-state index in [1.807, 2.05) is 24.7 Å². The molecule has 3 N–H and O–H groups in total. The summed E-state index contributed by atoms with van der Waals surface area (Å²) in [7, 11) is 0. The van der Waals surface area contributed by atoms with Gasteiger partial charge in [-0.25, -0.2) is 0 Å². The van der Waals surface area contributed by atoms with Gasteiger partial charge in [-0.3, -0.25) is 14.3 Å². The molecule has 1 fully saturated rings. The van der Waals surface area contributed by atoms with E-state index in [2.05, 4.69) is 21.0 Å². The summed E-state index contributed by atoms with van der Waals surface area (Å²) in [6.45, 7) is 5.93. The number of carbonyl (C=O) groups excluding carboxylic acids is 2. The fourth-order valence-electron chi connectivity index (χ4n) is 3.14. The van der Waals surface area contributed by atoms with E-state index in [4.69, 9.17) is 0 Å². The van der Waals surface area contributed by atoms with E-state index in [1.165, 1.54) is 0 Å². The van der Waals surface area contributed by atoms with Crippen LogP contribution in [0.3, 0.4) is 0 Å². The number of nitrogens with zero attached hydrogens (tertiary/aromatic N) is 2. The molecule has 3 rings (SSSR count). The molecule has 152 valence electrons. The molecular weight excluding hydrogens is 378 g/mol. The highest BCUT2D eigenvalue weighted by Crippen LogP contribution is 2.18. The molecule has 1 aliphatic rings. The van der Waals surface area contributed by atoms with Crippen molar-refractivity contribution >= 4 is 35.6 Å². The summed E-state index contributed by atoms with van der Waals surface area (Å²) >= 11 is 0. The molecule has 0 spiro atoms. The van der Waals surface area contributed by atoms with Crippen LogP contribution >= 0.6 is 12.4 Å². The van der Waals surface area contributed by atoms with Crippen molar-refractivity contribution in [3.05, 3.63) is 42.2 Å². The monoisotopic (exact) mass is 405 g/mol. The largest absolute Gasteiger partial charge is 0.326 e. The highest BCUT2D eigenvalue weighted by molar-refractivity contribution is 6.03. The highest BCUT2D eigenvalue weighted by Gasteiger charge is 2.17. The average molecular weight is 406 g/mol.